The summed E-state index contributed by atoms with van der Waals surface area (Å²) in [6.45, 7) is 12.7. The van der Waals surface area contributed by atoms with Crippen molar-refractivity contribution in [2.45, 2.75) is 115 Å². The topological polar surface area (TPSA) is 143 Å². The number of nitrogens with zero attached hydrogens (tertiary/aromatic N) is 10. The maximum absolute atomic E-state index is 15.4. The lowest BCUT2D eigenvalue weighted by Crippen LogP contribution is -2.49. The number of hydrogen-bond donors (Lipinski definition) is 2. The first-order valence-electron chi connectivity index (χ1n) is 22.1. The fourth-order valence-electron chi connectivity index (χ4n) is 10.7. The Morgan fingerprint density at radius 2 is 1.12 bits per heavy atom. The number of hydrogen-bond acceptors (Lipinski definition) is 13. The summed E-state index contributed by atoms with van der Waals surface area (Å²) in [5, 5.41) is 10.6. The van der Waals surface area contributed by atoms with E-state index in [1.54, 1.807) is 22.7 Å². The maximum atomic E-state index is 15.4. The normalized spacial score (nSPS) is 22.4. The molecule has 0 aromatic carbocycles. The lowest BCUT2D eigenvalue weighted by atomic mass is 9.87. The number of aromatic nitrogens is 6. The van der Waals surface area contributed by atoms with E-state index in [-0.39, 0.29) is 17.9 Å². The molecule has 4 N–H and O–H groups in total. The van der Waals surface area contributed by atoms with Gasteiger partial charge in [-0.05, 0) is 128 Å². The van der Waals surface area contributed by atoms with E-state index in [0.717, 1.165) is 141 Å². The summed E-state index contributed by atoms with van der Waals surface area (Å²) in [7, 11) is 3.91. The summed E-state index contributed by atoms with van der Waals surface area (Å²) in [6, 6.07) is 0.395. The first-order chi connectivity index (χ1) is 28.1. The van der Waals surface area contributed by atoms with Crippen LogP contribution in [-0.4, -0.2) is 119 Å². The van der Waals surface area contributed by atoms with Gasteiger partial charge in [0.05, 0.1) is 35.9 Å². The molecule has 15 heteroatoms. The molecule has 4 aromatic rings. The zero-order valence-corrected chi connectivity index (χ0v) is 36.9. The third-order valence-corrected chi connectivity index (χ3v) is 15.4. The molecular weight excluding hydrogens is 765 g/mol. The zero-order valence-electron chi connectivity index (χ0n) is 35.3. The van der Waals surface area contributed by atoms with Crippen molar-refractivity contribution in [3.05, 3.63) is 57.1 Å². The van der Waals surface area contributed by atoms with Crippen LogP contribution in [0.4, 0.5) is 10.3 Å². The Bertz CT molecular complexity index is 1820. The van der Waals surface area contributed by atoms with Gasteiger partial charge in [-0.3, -0.25) is 33.8 Å². The van der Waals surface area contributed by atoms with Crippen molar-refractivity contribution in [3.63, 3.8) is 0 Å². The van der Waals surface area contributed by atoms with Gasteiger partial charge in [0.25, 0.3) is 0 Å². The number of Topliss-reactive ketones (excluding diaryl/α,β-unsaturated/α-hetero) is 1. The van der Waals surface area contributed by atoms with E-state index in [2.05, 4.69) is 66.0 Å². The predicted molar refractivity (Wildman–Crippen MR) is 234 cm³/mol. The summed E-state index contributed by atoms with van der Waals surface area (Å²) in [6.07, 6.45) is 21.1. The van der Waals surface area contributed by atoms with Crippen LogP contribution in [0.2, 0.25) is 0 Å². The van der Waals surface area contributed by atoms with Crippen molar-refractivity contribution in [2.75, 3.05) is 63.8 Å². The van der Waals surface area contributed by atoms with Crippen LogP contribution in [0.1, 0.15) is 110 Å². The van der Waals surface area contributed by atoms with Gasteiger partial charge < -0.3 is 11.5 Å². The smallest absolute Gasteiger partial charge is 0.180 e. The Morgan fingerprint density at radius 3 is 1.48 bits per heavy atom. The van der Waals surface area contributed by atoms with Crippen molar-refractivity contribution in [3.8, 4) is 0 Å². The number of fused-ring (bicyclic) bond motifs is 2. The highest BCUT2D eigenvalue weighted by molar-refractivity contribution is 7.15. The third kappa shape index (κ3) is 9.39. The van der Waals surface area contributed by atoms with E-state index < -0.39 is 0 Å². The van der Waals surface area contributed by atoms with Crippen LogP contribution in [0.15, 0.2) is 24.8 Å². The standard InChI is InChI=1S/C43H66N12OS2/c1-5-15-54(33-7-9-35-37(21-33)57-42(44)48-35)25-29-11-17-52(18-12-29)39(31-23-46-50(3)27-31)41(56)40(32-24-47-51(4)28-32)53-19-13-30(14-20-53)26-55(16-6-2)34-8-10-36-38(22-34)58-43(45)49-36/h23-24,27-30,33-34,39-40H,5-22,25-26H2,1-4H3,(H2,44,48)(H2,45,49)/t33?,34?,39-,40-/m0/s1. The first kappa shape index (κ1) is 41.5. The van der Waals surface area contributed by atoms with Crippen LogP contribution in [-0.2, 0) is 44.6 Å². The van der Waals surface area contributed by atoms with Crippen LogP contribution in [0.3, 0.4) is 0 Å². The number of thiazole rings is 2. The fourth-order valence-corrected chi connectivity index (χ4v) is 12.6. The van der Waals surface area contributed by atoms with Gasteiger partial charge >= 0.3 is 0 Å². The molecule has 58 heavy (non-hydrogen) atoms. The maximum Gasteiger partial charge on any atom is 0.180 e. The van der Waals surface area contributed by atoms with E-state index in [9.17, 15) is 0 Å². The number of anilines is 2. The molecular formula is C43H66N12OS2. The van der Waals surface area contributed by atoms with Crippen LogP contribution in [0.5, 0.6) is 0 Å². The monoisotopic (exact) mass is 830 g/mol. The molecule has 0 bridgehead atoms. The Balaban J connectivity index is 0.939. The Kier molecular flexibility index (Phi) is 13.3. The number of aryl methyl sites for hydroxylation is 4. The zero-order chi connectivity index (χ0) is 40.3. The minimum atomic E-state index is -0.352. The number of carbonyl (C=O) groups excluding carboxylic acids is 1. The second-order valence-electron chi connectivity index (χ2n) is 17.7. The highest BCUT2D eigenvalue weighted by atomic mass is 32.1. The number of carbonyl (C=O) groups is 1. The molecule has 6 heterocycles. The molecule has 13 nitrogen and oxygen atoms in total. The van der Waals surface area contributed by atoms with Gasteiger partial charge in [-0.1, -0.05) is 13.8 Å². The second kappa shape index (κ2) is 18.6. The quantitative estimate of drug-likeness (QED) is 0.147. The number of nitrogen functional groups attached to an aromatic ring is 2. The molecule has 0 saturated carbocycles. The largest absolute Gasteiger partial charge is 0.375 e. The van der Waals surface area contributed by atoms with Gasteiger partial charge in [-0.25, -0.2) is 9.97 Å². The molecule has 2 saturated heterocycles. The Morgan fingerprint density at radius 1 is 0.707 bits per heavy atom. The van der Waals surface area contributed by atoms with Gasteiger partial charge in [0.1, 0.15) is 0 Å². The third-order valence-electron chi connectivity index (χ3n) is 13.5. The van der Waals surface area contributed by atoms with Crippen LogP contribution in [0.25, 0.3) is 0 Å². The predicted octanol–water partition coefficient (Wildman–Crippen LogP) is 5.55. The lowest BCUT2D eigenvalue weighted by Gasteiger charge is -2.43. The fraction of sp³-hybridized carbons (Fsp3) is 0.698. The molecule has 316 valence electrons. The Labute approximate surface area is 353 Å². The number of piperidine rings is 2. The van der Waals surface area contributed by atoms with Gasteiger partial charge in [0, 0.05) is 72.5 Å². The number of nitrogens with two attached hydrogens (primary N) is 2. The highest BCUT2D eigenvalue weighted by Gasteiger charge is 2.41. The molecule has 0 spiro atoms. The van der Waals surface area contributed by atoms with Gasteiger partial charge in [0.2, 0.25) is 0 Å². The van der Waals surface area contributed by atoms with Gasteiger partial charge in [-0.2, -0.15) is 10.2 Å². The molecule has 0 radical (unpaired) electrons. The van der Waals surface area contributed by atoms with Crippen molar-refractivity contribution in [1.29, 1.82) is 0 Å². The van der Waals surface area contributed by atoms with E-state index >= 15 is 4.79 Å². The number of likely N-dealkylation sites (tertiary alicyclic amines) is 2. The van der Waals surface area contributed by atoms with E-state index in [1.807, 2.05) is 35.9 Å². The molecule has 4 atom stereocenters. The average Bonchev–Trinajstić information content (AvgIpc) is 4.01. The number of rotatable bonds is 16. The minimum Gasteiger partial charge on any atom is -0.375 e. The van der Waals surface area contributed by atoms with Crippen molar-refractivity contribution < 1.29 is 4.79 Å². The van der Waals surface area contributed by atoms with Crippen molar-refractivity contribution >= 4 is 38.7 Å². The summed E-state index contributed by atoms with van der Waals surface area (Å²) in [4.78, 5) is 37.8. The summed E-state index contributed by atoms with van der Waals surface area (Å²) in [5.74, 6) is 1.47. The molecule has 2 aliphatic heterocycles. The molecule has 4 aliphatic rings. The van der Waals surface area contributed by atoms with Gasteiger partial charge in [0.15, 0.2) is 16.0 Å². The first-order valence-corrected chi connectivity index (χ1v) is 23.7. The SMILES string of the molecule is CCCN(CC1CCN([C@H](C(=O)[C@H](c2cnn(C)c2)N2CCC(CN(CCC)C3CCc4nc(N)sc4C3)CC2)c2cnn(C)c2)CC1)C1CCc2nc(N)sc2C1. The molecule has 4 aromatic heterocycles. The van der Waals surface area contributed by atoms with Crippen LogP contribution in [0, 0.1) is 11.8 Å². The van der Waals surface area contributed by atoms with E-state index in [4.69, 9.17) is 11.5 Å². The second-order valence-corrected chi connectivity index (χ2v) is 19.9. The molecule has 0 amide bonds. The van der Waals surface area contributed by atoms with Crippen LogP contribution < -0.4 is 11.5 Å². The van der Waals surface area contributed by atoms with E-state index in [1.165, 1.54) is 21.1 Å². The summed E-state index contributed by atoms with van der Waals surface area (Å²) in [5.41, 5.74) is 16.6. The summed E-state index contributed by atoms with van der Waals surface area (Å²) < 4.78 is 3.70. The van der Waals surface area contributed by atoms with Crippen LogP contribution >= 0.6 is 22.7 Å². The van der Waals surface area contributed by atoms with Crippen molar-refractivity contribution in [1.82, 2.24) is 49.1 Å². The molecule has 8 rings (SSSR count). The minimum absolute atomic E-state index is 0.252. The summed E-state index contributed by atoms with van der Waals surface area (Å²) >= 11 is 3.36. The average molecular weight is 831 g/mol. The Hall–Kier alpha value is -3.21. The van der Waals surface area contributed by atoms with E-state index in [0.29, 0.717) is 34.2 Å². The highest BCUT2D eigenvalue weighted by Crippen LogP contribution is 2.38. The van der Waals surface area contributed by atoms with Gasteiger partial charge in [-0.15, -0.1) is 22.7 Å². The van der Waals surface area contributed by atoms with Crippen molar-refractivity contribution in [2.24, 2.45) is 25.9 Å². The molecule has 2 unspecified atom stereocenters. The number of ketones is 1. The lowest BCUT2D eigenvalue weighted by molar-refractivity contribution is -0.131. The molecule has 2 aliphatic carbocycles. The molecule has 2 fully saturated rings.